The van der Waals surface area contributed by atoms with Crippen LogP contribution in [0.25, 0.3) is 0 Å². The van der Waals surface area contributed by atoms with E-state index in [-0.39, 0.29) is 6.54 Å². The minimum absolute atomic E-state index is 0.165. The monoisotopic (exact) mass is 343 g/mol. The number of carboxylic acid groups (broad SMARTS) is 1. The van der Waals surface area contributed by atoms with E-state index in [1.165, 1.54) is 83.5 Å². The molecule has 3 nitrogen and oxygen atoms in total. The van der Waals surface area contributed by atoms with Gasteiger partial charge in [-0.05, 0) is 20.0 Å². The Bertz CT molecular complexity index is 244. The predicted molar refractivity (Wildman–Crippen MR) is 107 cm³/mol. The molecule has 0 rings (SSSR count). The minimum Gasteiger partial charge on any atom is -0.480 e. The Morgan fingerprint density at radius 1 is 0.708 bits per heavy atom. The number of carboxylic acids is 1. The van der Waals surface area contributed by atoms with E-state index in [4.69, 9.17) is 5.11 Å². The van der Waals surface area contributed by atoms with Gasteiger partial charge in [-0.2, -0.15) is 0 Å². The highest BCUT2D eigenvalue weighted by molar-refractivity contribution is 5.68. The van der Waals surface area contributed by atoms with Gasteiger partial charge in [0, 0.05) is 0 Å². The quantitative estimate of drug-likeness (QED) is 0.306. The number of rotatable bonds is 17. The average Bonchev–Trinajstić information content (AvgIpc) is 2.56. The summed E-state index contributed by atoms with van der Waals surface area (Å²) in [7, 11) is 1.89. The van der Waals surface area contributed by atoms with Gasteiger partial charge in [-0.3, -0.25) is 9.69 Å². The fourth-order valence-corrected chi connectivity index (χ4v) is 2.89. The smallest absolute Gasteiger partial charge is 0.317 e. The van der Waals surface area contributed by atoms with E-state index >= 15 is 0 Å². The van der Waals surface area contributed by atoms with Gasteiger partial charge < -0.3 is 5.11 Å². The van der Waals surface area contributed by atoms with Crippen molar-refractivity contribution < 1.29 is 9.90 Å². The lowest BCUT2D eigenvalue weighted by Gasteiger charge is -2.13. The van der Waals surface area contributed by atoms with Crippen LogP contribution in [0.2, 0.25) is 0 Å². The predicted octanol–water partition coefficient (Wildman–Crippen LogP) is 6.51. The van der Waals surface area contributed by atoms with E-state index in [1.54, 1.807) is 0 Å². The maximum Gasteiger partial charge on any atom is 0.317 e. The molecule has 24 heavy (non-hydrogen) atoms. The highest BCUT2D eigenvalue weighted by Crippen LogP contribution is 2.12. The summed E-state index contributed by atoms with van der Waals surface area (Å²) in [6, 6.07) is 0. The standard InChI is InChI=1S/C19H39NO2.C2H6/c1-3-4-5-6-7-8-9-10-11-12-13-14-15-16-17-20(2)18-19(21)22;1-2/h3-18H2,1-2H3,(H,21,22);1-2H3. The maximum atomic E-state index is 10.5. The zero-order chi connectivity index (χ0) is 18.5. The molecule has 146 valence electrons. The number of nitrogens with zero attached hydrogens (tertiary/aromatic N) is 1. The van der Waals surface area contributed by atoms with Crippen molar-refractivity contribution in [3.63, 3.8) is 0 Å². The molecule has 1 N–H and O–H groups in total. The molecule has 0 fully saturated rings. The first kappa shape index (κ1) is 25.7. The molecule has 0 aliphatic rings. The topological polar surface area (TPSA) is 40.5 Å². The number of aliphatic carboxylic acids is 1. The normalized spacial score (nSPS) is 10.5. The second kappa shape index (κ2) is 22.4. The highest BCUT2D eigenvalue weighted by atomic mass is 16.4. The van der Waals surface area contributed by atoms with Crippen molar-refractivity contribution in [1.29, 1.82) is 0 Å². The van der Waals surface area contributed by atoms with E-state index in [0.29, 0.717) is 0 Å². The first-order valence-electron chi connectivity index (χ1n) is 10.6. The molecule has 3 heteroatoms. The van der Waals surface area contributed by atoms with Crippen LogP contribution in [-0.4, -0.2) is 36.1 Å². The average molecular weight is 344 g/mol. The molecule has 0 saturated heterocycles. The molecule has 0 unspecified atom stereocenters. The third kappa shape index (κ3) is 23.7. The number of unbranched alkanes of at least 4 members (excludes halogenated alkanes) is 13. The van der Waals surface area contributed by atoms with E-state index in [9.17, 15) is 4.79 Å². The largest absolute Gasteiger partial charge is 0.480 e. The van der Waals surface area contributed by atoms with Gasteiger partial charge in [-0.1, -0.05) is 104 Å². The van der Waals surface area contributed by atoms with Crippen molar-refractivity contribution in [3.8, 4) is 0 Å². The van der Waals surface area contributed by atoms with E-state index in [1.807, 2.05) is 25.8 Å². The SMILES string of the molecule is CC.CCCCCCCCCCCCCCCCN(C)CC(=O)O. The van der Waals surface area contributed by atoms with E-state index in [2.05, 4.69) is 6.92 Å². The minimum atomic E-state index is -0.729. The van der Waals surface area contributed by atoms with Gasteiger partial charge in [0.25, 0.3) is 0 Å². The third-order valence-electron chi connectivity index (χ3n) is 4.30. The zero-order valence-corrected chi connectivity index (χ0v) is 17.1. The Hall–Kier alpha value is -0.570. The second-order valence-corrected chi connectivity index (χ2v) is 6.73. The molecule has 0 aromatic rings. The van der Waals surface area contributed by atoms with Crippen LogP contribution in [0.15, 0.2) is 0 Å². The fraction of sp³-hybridized carbons (Fsp3) is 0.952. The summed E-state index contributed by atoms with van der Waals surface area (Å²) < 4.78 is 0. The summed E-state index contributed by atoms with van der Waals surface area (Å²) in [6.45, 7) is 7.34. The summed E-state index contributed by atoms with van der Waals surface area (Å²) in [4.78, 5) is 12.4. The Morgan fingerprint density at radius 2 is 1.04 bits per heavy atom. The summed E-state index contributed by atoms with van der Waals surface area (Å²) in [5.41, 5.74) is 0. The molecular weight excluding hydrogens is 298 g/mol. The number of carbonyl (C=O) groups is 1. The van der Waals surface area contributed by atoms with Gasteiger partial charge in [-0.25, -0.2) is 0 Å². The second-order valence-electron chi connectivity index (χ2n) is 6.73. The van der Waals surface area contributed by atoms with Crippen molar-refractivity contribution in [2.24, 2.45) is 0 Å². The van der Waals surface area contributed by atoms with Crippen molar-refractivity contribution in [2.45, 2.75) is 111 Å². The summed E-state index contributed by atoms with van der Waals surface area (Å²) in [5, 5.41) is 8.66. The Morgan fingerprint density at radius 3 is 1.38 bits per heavy atom. The Kier molecular flexibility index (Phi) is 24.0. The molecule has 0 amide bonds. The highest BCUT2D eigenvalue weighted by Gasteiger charge is 2.02. The number of hydrogen-bond acceptors (Lipinski definition) is 2. The van der Waals surface area contributed by atoms with Crippen LogP contribution in [0.1, 0.15) is 111 Å². The van der Waals surface area contributed by atoms with Crippen LogP contribution in [0.5, 0.6) is 0 Å². The first-order valence-corrected chi connectivity index (χ1v) is 10.6. The third-order valence-corrected chi connectivity index (χ3v) is 4.30. The van der Waals surface area contributed by atoms with Gasteiger partial charge in [0.15, 0.2) is 0 Å². The van der Waals surface area contributed by atoms with E-state index in [0.717, 1.165) is 13.0 Å². The lowest BCUT2D eigenvalue weighted by Crippen LogP contribution is -2.26. The van der Waals surface area contributed by atoms with Gasteiger partial charge in [-0.15, -0.1) is 0 Å². The lowest BCUT2D eigenvalue weighted by atomic mass is 10.0. The molecule has 0 radical (unpaired) electrons. The summed E-state index contributed by atoms with van der Waals surface area (Å²) >= 11 is 0. The molecule has 0 heterocycles. The van der Waals surface area contributed by atoms with Gasteiger partial charge >= 0.3 is 5.97 Å². The molecule has 0 bridgehead atoms. The van der Waals surface area contributed by atoms with Gasteiger partial charge in [0.05, 0.1) is 6.54 Å². The molecule has 0 aliphatic carbocycles. The van der Waals surface area contributed by atoms with E-state index < -0.39 is 5.97 Å². The lowest BCUT2D eigenvalue weighted by molar-refractivity contribution is -0.137. The van der Waals surface area contributed by atoms with Crippen LogP contribution in [-0.2, 0) is 4.79 Å². The molecule has 0 aromatic heterocycles. The number of likely N-dealkylation sites (N-methyl/N-ethyl adjacent to an activating group) is 1. The molecule has 0 aromatic carbocycles. The van der Waals surface area contributed by atoms with Crippen molar-refractivity contribution in [3.05, 3.63) is 0 Å². The van der Waals surface area contributed by atoms with Crippen molar-refractivity contribution in [1.82, 2.24) is 4.90 Å². The van der Waals surface area contributed by atoms with Crippen LogP contribution < -0.4 is 0 Å². The van der Waals surface area contributed by atoms with Gasteiger partial charge in [0.1, 0.15) is 0 Å². The summed E-state index contributed by atoms with van der Waals surface area (Å²) in [6.07, 6.45) is 19.1. The molecule has 0 saturated carbocycles. The molecule has 0 atom stereocenters. The Labute approximate surface area is 152 Å². The van der Waals surface area contributed by atoms with Crippen LogP contribution in [0.3, 0.4) is 0 Å². The zero-order valence-electron chi connectivity index (χ0n) is 17.1. The Balaban J connectivity index is 0. The van der Waals surface area contributed by atoms with Crippen LogP contribution in [0.4, 0.5) is 0 Å². The van der Waals surface area contributed by atoms with Gasteiger partial charge in [0.2, 0.25) is 0 Å². The summed E-state index contributed by atoms with van der Waals surface area (Å²) in [5.74, 6) is -0.729. The molecular formula is C21H45NO2. The van der Waals surface area contributed by atoms with Crippen LogP contribution in [0, 0.1) is 0 Å². The molecule has 0 aliphatic heterocycles. The molecule has 0 spiro atoms. The number of hydrogen-bond donors (Lipinski definition) is 1. The first-order chi connectivity index (χ1) is 11.7. The van der Waals surface area contributed by atoms with Crippen molar-refractivity contribution in [2.75, 3.05) is 20.1 Å². The van der Waals surface area contributed by atoms with Crippen molar-refractivity contribution >= 4 is 5.97 Å². The fourth-order valence-electron chi connectivity index (χ4n) is 2.89. The van der Waals surface area contributed by atoms with Crippen LogP contribution >= 0.6 is 0 Å². The maximum absolute atomic E-state index is 10.5.